The van der Waals surface area contributed by atoms with Crippen molar-refractivity contribution in [2.45, 2.75) is 50.3 Å². The summed E-state index contributed by atoms with van der Waals surface area (Å²) in [5.74, 6) is -0.828. The average Bonchev–Trinajstić information content (AvgIpc) is 3.51. The molecule has 2 aliphatic rings. The number of hydrogen-bond donors (Lipinski definition) is 3. The van der Waals surface area contributed by atoms with Crippen LogP contribution < -0.4 is 10.6 Å². The number of carbonyl (C=O) groups is 2. The molecule has 3 N–H and O–H groups in total. The van der Waals surface area contributed by atoms with Crippen molar-refractivity contribution in [3.8, 4) is 17.2 Å². The highest BCUT2D eigenvalue weighted by atomic mass is 16.5. The molecule has 3 aromatic rings. The fraction of sp³-hybridized carbons (Fsp3) is 0.393. The number of rotatable bonds is 8. The molecule has 8 heteroatoms. The Morgan fingerprint density at radius 2 is 1.81 bits per heavy atom. The molecule has 2 aromatic carbocycles. The number of nitriles is 1. The first-order chi connectivity index (χ1) is 17.3. The zero-order valence-electron chi connectivity index (χ0n) is 20.3. The number of carbonyl (C=O) groups excluding carboxylic acids is 2. The minimum Gasteiger partial charge on any atom is -0.451 e. The van der Waals surface area contributed by atoms with Gasteiger partial charge in [-0.1, -0.05) is 56.7 Å². The lowest BCUT2D eigenvalue weighted by molar-refractivity contribution is -0.184. The molecule has 2 fully saturated rings. The smallest absolute Gasteiger partial charge is 0.287 e. The van der Waals surface area contributed by atoms with Crippen LogP contribution in [-0.4, -0.2) is 41.7 Å². The lowest BCUT2D eigenvalue weighted by atomic mass is 9.90. The number of nitrogens with one attached hydrogen (secondary N) is 2. The van der Waals surface area contributed by atoms with Gasteiger partial charge in [-0.15, -0.1) is 0 Å². The Morgan fingerprint density at radius 3 is 2.39 bits per heavy atom. The summed E-state index contributed by atoms with van der Waals surface area (Å²) in [5, 5.41) is 26.1. The largest absolute Gasteiger partial charge is 0.451 e. The molecule has 186 valence electrons. The third-order valence-corrected chi connectivity index (χ3v) is 7.29. The average molecular weight is 488 g/mol. The minimum atomic E-state index is -0.913. The van der Waals surface area contributed by atoms with E-state index >= 15 is 0 Å². The zero-order valence-corrected chi connectivity index (χ0v) is 20.3. The quantitative estimate of drug-likeness (QED) is 0.446. The van der Waals surface area contributed by atoms with Crippen LogP contribution in [0.3, 0.4) is 0 Å². The predicted molar refractivity (Wildman–Crippen MR) is 133 cm³/mol. The van der Waals surface area contributed by atoms with Gasteiger partial charge in [-0.05, 0) is 47.6 Å². The number of aliphatic hydroxyl groups is 1. The van der Waals surface area contributed by atoms with Gasteiger partial charge >= 0.3 is 0 Å². The topological polar surface area (TPSA) is 125 Å². The van der Waals surface area contributed by atoms with Crippen LogP contribution in [-0.2, 0) is 15.1 Å². The van der Waals surface area contributed by atoms with Crippen molar-refractivity contribution in [1.29, 1.82) is 5.26 Å². The SMILES string of the molecule is CC[C@H](C)[C@H](NC(=O)c1cc2ccc(-c3ccc(C4(O)COC4)cc3)cc2o1)C(=O)NC1(C#N)CC1. The molecule has 0 radical (unpaired) electrons. The number of hydrogen-bond acceptors (Lipinski definition) is 6. The van der Waals surface area contributed by atoms with Gasteiger partial charge in [0, 0.05) is 5.39 Å². The van der Waals surface area contributed by atoms with Crippen molar-refractivity contribution in [2.24, 2.45) is 5.92 Å². The molecule has 1 saturated carbocycles. The van der Waals surface area contributed by atoms with E-state index in [-0.39, 0.29) is 17.6 Å². The Labute approximate surface area is 209 Å². The molecule has 2 atom stereocenters. The highest BCUT2D eigenvalue weighted by Gasteiger charge is 2.46. The second-order valence-corrected chi connectivity index (χ2v) is 9.98. The summed E-state index contributed by atoms with van der Waals surface area (Å²) in [5.41, 5.74) is 1.52. The number of ether oxygens (including phenoxy) is 1. The van der Waals surface area contributed by atoms with E-state index in [9.17, 15) is 20.0 Å². The lowest BCUT2D eigenvalue weighted by Crippen LogP contribution is -2.53. The maximum absolute atomic E-state index is 13.0. The Morgan fingerprint density at radius 1 is 1.11 bits per heavy atom. The van der Waals surface area contributed by atoms with Crippen molar-refractivity contribution in [3.05, 3.63) is 59.9 Å². The first kappa shape index (κ1) is 24.0. The molecular weight excluding hydrogens is 458 g/mol. The van der Waals surface area contributed by atoms with Crippen LogP contribution >= 0.6 is 0 Å². The molecule has 2 amide bonds. The van der Waals surface area contributed by atoms with Crippen molar-refractivity contribution >= 4 is 22.8 Å². The zero-order chi connectivity index (χ0) is 25.5. The maximum atomic E-state index is 13.0. The Balaban J connectivity index is 1.33. The van der Waals surface area contributed by atoms with Crippen molar-refractivity contribution < 1.29 is 23.8 Å². The lowest BCUT2D eigenvalue weighted by Gasteiger charge is -2.36. The summed E-state index contributed by atoms with van der Waals surface area (Å²) >= 11 is 0. The molecule has 1 aromatic heterocycles. The predicted octanol–water partition coefficient (Wildman–Crippen LogP) is 3.63. The Hall–Kier alpha value is -3.67. The monoisotopic (exact) mass is 487 g/mol. The van der Waals surface area contributed by atoms with Crippen LogP contribution in [0.2, 0.25) is 0 Å². The third-order valence-electron chi connectivity index (χ3n) is 7.29. The second kappa shape index (κ2) is 9.08. The van der Waals surface area contributed by atoms with Crippen LogP contribution in [0.5, 0.6) is 0 Å². The molecule has 2 heterocycles. The molecule has 36 heavy (non-hydrogen) atoms. The van der Waals surface area contributed by atoms with E-state index < -0.39 is 23.1 Å². The van der Waals surface area contributed by atoms with E-state index in [1.54, 1.807) is 6.07 Å². The van der Waals surface area contributed by atoms with Gasteiger partial charge in [0.25, 0.3) is 5.91 Å². The number of fused-ring (bicyclic) bond motifs is 1. The summed E-state index contributed by atoms with van der Waals surface area (Å²) in [7, 11) is 0. The van der Waals surface area contributed by atoms with E-state index in [4.69, 9.17) is 9.15 Å². The van der Waals surface area contributed by atoms with Crippen LogP contribution in [0, 0.1) is 17.2 Å². The molecule has 5 rings (SSSR count). The van der Waals surface area contributed by atoms with Crippen LogP contribution in [0.4, 0.5) is 0 Å². The van der Waals surface area contributed by atoms with Crippen LogP contribution in [0.1, 0.15) is 49.2 Å². The number of nitrogens with zero attached hydrogens (tertiary/aromatic N) is 1. The van der Waals surface area contributed by atoms with Gasteiger partial charge in [-0.2, -0.15) is 5.26 Å². The Bertz CT molecular complexity index is 1350. The minimum absolute atomic E-state index is 0.118. The van der Waals surface area contributed by atoms with Crippen molar-refractivity contribution in [1.82, 2.24) is 10.6 Å². The number of benzene rings is 2. The van der Waals surface area contributed by atoms with Gasteiger partial charge in [-0.25, -0.2) is 0 Å². The number of amides is 2. The van der Waals surface area contributed by atoms with Gasteiger partial charge in [-0.3, -0.25) is 9.59 Å². The molecule has 8 nitrogen and oxygen atoms in total. The van der Waals surface area contributed by atoms with Gasteiger partial charge in [0.2, 0.25) is 5.91 Å². The normalized spacial score (nSPS) is 18.9. The second-order valence-electron chi connectivity index (χ2n) is 9.98. The maximum Gasteiger partial charge on any atom is 0.287 e. The standard InChI is InChI=1S/C28H29N3O5/c1-3-17(2)24(26(33)31-27(14-29)10-11-27)30-25(32)23-13-20-5-4-19(12-22(20)36-23)18-6-8-21(9-7-18)28(34)15-35-16-28/h4-9,12-13,17,24,34H,3,10-11,15-16H2,1-2H3,(H,30,32)(H,31,33)/t17-,24-/m0/s1. The first-order valence-electron chi connectivity index (χ1n) is 12.2. The fourth-order valence-electron chi connectivity index (χ4n) is 4.38. The van der Waals surface area contributed by atoms with Gasteiger partial charge in [0.1, 0.15) is 22.8 Å². The summed E-state index contributed by atoms with van der Waals surface area (Å²) in [6, 6.07) is 16.4. The van der Waals surface area contributed by atoms with E-state index in [0.717, 1.165) is 22.1 Å². The van der Waals surface area contributed by atoms with E-state index in [1.165, 1.54) is 0 Å². The highest BCUT2D eigenvalue weighted by Crippen LogP contribution is 2.35. The van der Waals surface area contributed by atoms with Gasteiger partial charge < -0.3 is 24.9 Å². The first-order valence-corrected chi connectivity index (χ1v) is 12.2. The Kier molecular flexibility index (Phi) is 6.07. The third kappa shape index (κ3) is 4.48. The number of furan rings is 1. The molecule has 1 aliphatic heterocycles. The van der Waals surface area contributed by atoms with Gasteiger partial charge in [0.05, 0.1) is 19.3 Å². The molecule has 0 unspecified atom stereocenters. The fourth-order valence-corrected chi connectivity index (χ4v) is 4.38. The van der Waals surface area contributed by atoms with Gasteiger partial charge in [0.15, 0.2) is 5.76 Å². The summed E-state index contributed by atoms with van der Waals surface area (Å²) < 4.78 is 11.0. The van der Waals surface area contributed by atoms with E-state index in [1.807, 2.05) is 56.3 Å². The highest BCUT2D eigenvalue weighted by molar-refractivity contribution is 5.99. The van der Waals surface area contributed by atoms with Crippen LogP contribution in [0.15, 0.2) is 52.9 Å². The molecule has 0 spiro atoms. The summed E-state index contributed by atoms with van der Waals surface area (Å²) in [4.78, 5) is 25.9. The molecule has 0 bridgehead atoms. The summed E-state index contributed by atoms with van der Waals surface area (Å²) in [6.45, 7) is 4.44. The molecular formula is C28H29N3O5. The van der Waals surface area contributed by atoms with Crippen molar-refractivity contribution in [2.75, 3.05) is 13.2 Å². The van der Waals surface area contributed by atoms with Crippen LogP contribution in [0.25, 0.3) is 22.1 Å². The molecule has 1 aliphatic carbocycles. The van der Waals surface area contributed by atoms with E-state index in [2.05, 4.69) is 16.7 Å². The molecule has 1 saturated heterocycles. The summed E-state index contributed by atoms with van der Waals surface area (Å²) in [6.07, 6.45) is 1.94. The van der Waals surface area contributed by atoms with E-state index in [0.29, 0.717) is 38.1 Å². The van der Waals surface area contributed by atoms with Crippen molar-refractivity contribution in [3.63, 3.8) is 0 Å².